The van der Waals surface area contributed by atoms with E-state index in [-0.39, 0.29) is 11.5 Å². The molecule has 182 valence electrons. The van der Waals surface area contributed by atoms with Crippen LogP contribution in [0.2, 0.25) is 0 Å². The minimum atomic E-state index is 0.0647. The van der Waals surface area contributed by atoms with Crippen LogP contribution in [0, 0.1) is 23.2 Å². The second-order valence-corrected chi connectivity index (χ2v) is 12.8. The van der Waals surface area contributed by atoms with Crippen molar-refractivity contribution in [2.45, 2.75) is 81.3 Å². The molecular formula is C29H39N3O2. The van der Waals surface area contributed by atoms with Crippen molar-refractivity contribution in [1.29, 1.82) is 0 Å². The first-order valence-corrected chi connectivity index (χ1v) is 14.1. The van der Waals surface area contributed by atoms with Crippen LogP contribution >= 0.6 is 0 Å². The van der Waals surface area contributed by atoms with E-state index in [1.807, 2.05) is 7.11 Å². The number of nitrogens with zero attached hydrogens (tertiary/aromatic N) is 2. The van der Waals surface area contributed by atoms with Crippen LogP contribution in [0.5, 0.6) is 5.75 Å². The van der Waals surface area contributed by atoms with Crippen LogP contribution in [0.1, 0.15) is 62.5 Å². The second-order valence-electron chi connectivity index (χ2n) is 12.8. The lowest BCUT2D eigenvalue weighted by molar-refractivity contribution is -0.141. The fourth-order valence-corrected chi connectivity index (χ4v) is 10.4. The molecule has 6 fully saturated rings. The molecule has 1 aromatic rings. The third-order valence-electron chi connectivity index (χ3n) is 11.6. The first kappa shape index (κ1) is 20.6. The number of hydrogen-bond acceptors (Lipinski definition) is 4. The molecular weight excluding hydrogens is 422 g/mol. The summed E-state index contributed by atoms with van der Waals surface area (Å²) in [7, 11) is 1.81. The molecule has 7 aliphatic rings. The van der Waals surface area contributed by atoms with Crippen molar-refractivity contribution in [1.82, 2.24) is 15.1 Å². The average Bonchev–Trinajstić information content (AvgIpc) is 3.27. The molecule has 4 aliphatic carbocycles. The number of fused-ring (bicyclic) bond motifs is 1. The summed E-state index contributed by atoms with van der Waals surface area (Å²) in [6.07, 6.45) is 11.4. The number of piperidine rings is 1. The van der Waals surface area contributed by atoms with Gasteiger partial charge >= 0.3 is 0 Å². The molecule has 0 aromatic heterocycles. The van der Waals surface area contributed by atoms with Gasteiger partial charge in [0.1, 0.15) is 5.75 Å². The maximum atomic E-state index is 13.7. The molecule has 1 amide bonds. The maximum absolute atomic E-state index is 13.7. The largest absolute Gasteiger partial charge is 0.497 e. The lowest BCUT2D eigenvalue weighted by Gasteiger charge is -2.66. The minimum absolute atomic E-state index is 0.0647. The highest BCUT2D eigenvalue weighted by atomic mass is 16.5. The van der Waals surface area contributed by atoms with Crippen molar-refractivity contribution in [3.05, 3.63) is 29.3 Å². The predicted molar refractivity (Wildman–Crippen MR) is 131 cm³/mol. The summed E-state index contributed by atoms with van der Waals surface area (Å²) >= 11 is 0. The SMILES string of the molecule is COc1ccc2c(c1)C13CCN(CC4CC4)C(C2)C12CCC1C3[C@H](CN1C(=O)[C@@H]1CCCN1)C2. The molecule has 5 heteroatoms. The number of carbonyl (C=O) groups is 1. The Morgan fingerprint density at radius 1 is 1.21 bits per heavy atom. The molecule has 34 heavy (non-hydrogen) atoms. The Labute approximate surface area is 203 Å². The van der Waals surface area contributed by atoms with E-state index >= 15 is 0 Å². The molecule has 3 aliphatic heterocycles. The summed E-state index contributed by atoms with van der Waals surface area (Å²) in [6.45, 7) is 4.57. The van der Waals surface area contributed by atoms with Gasteiger partial charge in [0, 0.05) is 30.6 Å². The first-order valence-electron chi connectivity index (χ1n) is 14.1. The summed E-state index contributed by atoms with van der Waals surface area (Å²) in [5, 5.41) is 3.50. The maximum Gasteiger partial charge on any atom is 0.239 e. The fourth-order valence-electron chi connectivity index (χ4n) is 10.4. The molecule has 0 radical (unpaired) electrons. The molecule has 3 heterocycles. The third kappa shape index (κ3) is 2.46. The number of likely N-dealkylation sites (tertiary alicyclic amines) is 2. The number of carbonyl (C=O) groups excluding carboxylic acids is 1. The molecule has 1 aromatic carbocycles. The minimum Gasteiger partial charge on any atom is -0.497 e. The molecule has 3 saturated heterocycles. The van der Waals surface area contributed by atoms with E-state index in [4.69, 9.17) is 4.74 Å². The molecule has 7 atom stereocenters. The van der Waals surface area contributed by atoms with Gasteiger partial charge in [-0.2, -0.15) is 0 Å². The predicted octanol–water partition coefficient (Wildman–Crippen LogP) is 3.35. The smallest absolute Gasteiger partial charge is 0.239 e. The van der Waals surface area contributed by atoms with E-state index in [9.17, 15) is 4.79 Å². The van der Waals surface area contributed by atoms with Crippen molar-refractivity contribution in [2.24, 2.45) is 23.2 Å². The number of nitrogens with one attached hydrogen (secondary N) is 1. The molecule has 1 N–H and O–H groups in total. The second kappa shape index (κ2) is 7.00. The van der Waals surface area contributed by atoms with Crippen molar-refractivity contribution in [2.75, 3.05) is 33.3 Å². The van der Waals surface area contributed by atoms with E-state index in [1.54, 1.807) is 11.1 Å². The summed E-state index contributed by atoms with van der Waals surface area (Å²) in [6, 6.07) is 8.19. The zero-order valence-corrected chi connectivity index (χ0v) is 20.6. The van der Waals surface area contributed by atoms with Gasteiger partial charge in [0.05, 0.1) is 13.2 Å². The standard InChI is InChI=1S/C29H39N3O2/c1-34-21-7-6-19-13-25-28-9-8-24-26(20(15-28)17-32(24)27(33)23-3-2-11-30-23)29(28,22(19)14-21)10-12-31(25)16-18-4-5-18/h6-7,14,18,20,23-26,30H,2-5,8-13,15-17H2,1H3/t20-,23-,24?,25?,26?,28?,29?/m0/s1. The van der Waals surface area contributed by atoms with Gasteiger partial charge in [-0.3, -0.25) is 9.69 Å². The van der Waals surface area contributed by atoms with Crippen molar-refractivity contribution in [3.8, 4) is 5.75 Å². The van der Waals surface area contributed by atoms with Gasteiger partial charge in [0.15, 0.2) is 0 Å². The number of ether oxygens (including phenoxy) is 1. The van der Waals surface area contributed by atoms with Gasteiger partial charge in [-0.05, 0) is 117 Å². The molecule has 5 nitrogen and oxygen atoms in total. The quantitative estimate of drug-likeness (QED) is 0.747. The molecule has 0 spiro atoms. The van der Waals surface area contributed by atoms with Crippen LogP contribution in [0.25, 0.3) is 0 Å². The Bertz CT molecular complexity index is 1030. The summed E-state index contributed by atoms with van der Waals surface area (Å²) in [5.41, 5.74) is 3.81. The van der Waals surface area contributed by atoms with Crippen molar-refractivity contribution in [3.63, 3.8) is 0 Å². The fraction of sp³-hybridized carbons (Fsp3) is 0.759. The first-order chi connectivity index (χ1) is 16.6. The zero-order valence-electron chi connectivity index (χ0n) is 20.6. The number of rotatable bonds is 4. The van der Waals surface area contributed by atoms with Crippen LogP contribution in [0.3, 0.4) is 0 Å². The number of hydrogen-bond donors (Lipinski definition) is 1. The van der Waals surface area contributed by atoms with E-state index in [2.05, 4.69) is 33.3 Å². The summed E-state index contributed by atoms with van der Waals surface area (Å²) in [5.74, 6) is 3.67. The van der Waals surface area contributed by atoms with E-state index in [0.29, 0.717) is 35.2 Å². The topological polar surface area (TPSA) is 44.8 Å². The number of amides is 1. The van der Waals surface area contributed by atoms with Gasteiger partial charge in [-0.1, -0.05) is 6.07 Å². The van der Waals surface area contributed by atoms with Crippen LogP contribution in [-0.2, 0) is 16.6 Å². The lowest BCUT2D eigenvalue weighted by atomic mass is 9.43. The zero-order chi connectivity index (χ0) is 22.7. The Hall–Kier alpha value is -1.59. The van der Waals surface area contributed by atoms with Crippen LogP contribution in [0.15, 0.2) is 18.2 Å². The molecule has 4 bridgehead atoms. The van der Waals surface area contributed by atoms with Gasteiger partial charge < -0.3 is 15.0 Å². The normalized spacial score (nSPS) is 44.1. The average molecular weight is 462 g/mol. The highest BCUT2D eigenvalue weighted by Crippen LogP contribution is 2.75. The summed E-state index contributed by atoms with van der Waals surface area (Å²) < 4.78 is 5.78. The Morgan fingerprint density at radius 2 is 2.12 bits per heavy atom. The Kier molecular flexibility index (Phi) is 4.24. The van der Waals surface area contributed by atoms with Gasteiger partial charge in [0.25, 0.3) is 0 Å². The van der Waals surface area contributed by atoms with E-state index < -0.39 is 0 Å². The molecule has 5 unspecified atom stereocenters. The third-order valence-corrected chi connectivity index (χ3v) is 11.6. The molecule has 8 rings (SSSR count). The highest BCUT2D eigenvalue weighted by Gasteiger charge is 2.76. The van der Waals surface area contributed by atoms with Gasteiger partial charge in [-0.15, -0.1) is 0 Å². The summed E-state index contributed by atoms with van der Waals surface area (Å²) in [4.78, 5) is 19.0. The Morgan fingerprint density at radius 3 is 2.91 bits per heavy atom. The van der Waals surface area contributed by atoms with Crippen LogP contribution in [-0.4, -0.2) is 67.1 Å². The van der Waals surface area contributed by atoms with E-state index in [0.717, 1.165) is 37.6 Å². The number of methoxy groups -OCH3 is 1. The van der Waals surface area contributed by atoms with Gasteiger partial charge in [0.2, 0.25) is 5.91 Å². The van der Waals surface area contributed by atoms with Crippen molar-refractivity contribution < 1.29 is 9.53 Å². The van der Waals surface area contributed by atoms with Gasteiger partial charge in [-0.25, -0.2) is 0 Å². The lowest BCUT2D eigenvalue weighted by Crippen LogP contribution is -2.70. The van der Waals surface area contributed by atoms with Crippen LogP contribution in [0.4, 0.5) is 0 Å². The van der Waals surface area contributed by atoms with Crippen molar-refractivity contribution >= 4 is 5.91 Å². The van der Waals surface area contributed by atoms with E-state index in [1.165, 1.54) is 58.0 Å². The number of benzene rings is 1. The van der Waals surface area contributed by atoms with Crippen LogP contribution < -0.4 is 10.1 Å². The highest BCUT2D eigenvalue weighted by molar-refractivity contribution is 5.83. The monoisotopic (exact) mass is 461 g/mol. The molecule has 3 saturated carbocycles. The Balaban J connectivity index is 1.24.